The van der Waals surface area contributed by atoms with Crippen LogP contribution < -0.4 is 5.73 Å². The second-order valence-electron chi connectivity index (χ2n) is 4.55. The van der Waals surface area contributed by atoms with Crippen molar-refractivity contribution in [2.45, 2.75) is 0 Å². The number of nitrogens with one attached hydrogen (secondary N) is 1. The molecule has 0 saturated carbocycles. The Morgan fingerprint density at radius 2 is 2.05 bits per heavy atom. The molecule has 4 rings (SSSR count). The van der Waals surface area contributed by atoms with Gasteiger partial charge in [-0.1, -0.05) is 0 Å². The van der Waals surface area contributed by atoms with Crippen LogP contribution in [-0.2, 0) is 0 Å². The molecule has 0 spiro atoms. The van der Waals surface area contributed by atoms with E-state index in [-0.39, 0.29) is 0 Å². The molecule has 2 heterocycles. The van der Waals surface area contributed by atoms with Crippen LogP contribution in [0.1, 0.15) is 0 Å². The summed E-state index contributed by atoms with van der Waals surface area (Å²) in [6, 6.07) is 6.48. The summed E-state index contributed by atoms with van der Waals surface area (Å²) in [5.74, 6) is -0.392. The first-order chi connectivity index (χ1) is 9.72. The Balaban J connectivity index is 2.03. The average molecular weight is 268 g/mol. The minimum Gasteiger partial charge on any atom is -0.443 e. The molecule has 0 amide bonds. The Bertz CT molecular complexity index is 863. The van der Waals surface area contributed by atoms with E-state index in [1.165, 1.54) is 12.5 Å². The third-order valence-corrected chi connectivity index (χ3v) is 3.32. The lowest BCUT2D eigenvalue weighted by molar-refractivity contribution is 0.600. The number of oxazole rings is 1. The van der Waals surface area contributed by atoms with Gasteiger partial charge in [0.25, 0.3) is 0 Å². The highest BCUT2D eigenvalue weighted by Gasteiger charge is 2.13. The van der Waals surface area contributed by atoms with Crippen LogP contribution in [0.15, 0.2) is 41.3 Å². The molecule has 0 unspecified atom stereocenters. The first-order valence-corrected chi connectivity index (χ1v) is 5.98. The number of hydrogen-bond donors (Lipinski definition) is 2. The van der Waals surface area contributed by atoms with Gasteiger partial charge in [0.15, 0.2) is 12.0 Å². The number of hydrogen-bond acceptors (Lipinski definition) is 4. The molecule has 2 aromatic heterocycles. The van der Waals surface area contributed by atoms with Gasteiger partial charge in [-0.2, -0.15) is 5.10 Å². The van der Waals surface area contributed by atoms with E-state index in [0.717, 1.165) is 10.9 Å². The molecule has 6 heteroatoms. The van der Waals surface area contributed by atoms with Crippen molar-refractivity contribution < 1.29 is 8.81 Å². The highest BCUT2D eigenvalue weighted by atomic mass is 19.1. The molecule has 0 aliphatic rings. The summed E-state index contributed by atoms with van der Waals surface area (Å²) in [5, 5.41) is 7.67. The number of aromatic amines is 1. The molecule has 2 aromatic carbocycles. The molecule has 98 valence electrons. The maximum absolute atomic E-state index is 14.2. The van der Waals surface area contributed by atoms with Crippen LogP contribution in [-0.4, -0.2) is 15.2 Å². The van der Waals surface area contributed by atoms with Crippen molar-refractivity contribution in [3.05, 3.63) is 42.7 Å². The van der Waals surface area contributed by atoms with Crippen molar-refractivity contribution in [2.75, 3.05) is 5.73 Å². The van der Waals surface area contributed by atoms with Gasteiger partial charge in [0.05, 0.1) is 11.7 Å². The van der Waals surface area contributed by atoms with Crippen LogP contribution in [0.25, 0.3) is 33.1 Å². The highest BCUT2D eigenvalue weighted by molar-refractivity contribution is 5.93. The standard InChI is InChI=1S/C14H9FN4O/c15-10-4-13-14(20-6-17-13)3-8(10)9-2-12-7(1-11(9)16)5-18-19-12/h1-6H,16H2,(H,18,19). The fourth-order valence-corrected chi connectivity index (χ4v) is 2.33. The Kier molecular flexibility index (Phi) is 2.09. The third kappa shape index (κ3) is 1.48. The van der Waals surface area contributed by atoms with E-state index >= 15 is 0 Å². The van der Waals surface area contributed by atoms with Crippen LogP contribution >= 0.6 is 0 Å². The number of nitrogens with two attached hydrogens (primary N) is 1. The lowest BCUT2D eigenvalue weighted by atomic mass is 10.0. The van der Waals surface area contributed by atoms with Gasteiger partial charge in [-0.15, -0.1) is 0 Å². The Morgan fingerprint density at radius 3 is 2.95 bits per heavy atom. The van der Waals surface area contributed by atoms with Gasteiger partial charge in [-0.3, -0.25) is 5.10 Å². The molecular formula is C14H9FN4O. The quantitative estimate of drug-likeness (QED) is 0.520. The lowest BCUT2D eigenvalue weighted by Crippen LogP contribution is -1.93. The van der Waals surface area contributed by atoms with Crippen LogP contribution in [0.4, 0.5) is 10.1 Å². The van der Waals surface area contributed by atoms with Crippen LogP contribution in [0.2, 0.25) is 0 Å². The van der Waals surface area contributed by atoms with Crippen molar-refractivity contribution in [1.82, 2.24) is 15.2 Å². The number of halogens is 1. The second kappa shape index (κ2) is 3.80. The van der Waals surface area contributed by atoms with Crippen molar-refractivity contribution in [3.8, 4) is 11.1 Å². The molecule has 0 fully saturated rings. The lowest BCUT2D eigenvalue weighted by Gasteiger charge is -2.07. The van der Waals surface area contributed by atoms with E-state index in [2.05, 4.69) is 15.2 Å². The summed E-state index contributed by atoms with van der Waals surface area (Å²) in [7, 11) is 0. The first kappa shape index (κ1) is 11.0. The van der Waals surface area contributed by atoms with E-state index in [1.54, 1.807) is 24.4 Å². The monoisotopic (exact) mass is 268 g/mol. The van der Waals surface area contributed by atoms with Crippen molar-refractivity contribution >= 4 is 27.7 Å². The third-order valence-electron chi connectivity index (χ3n) is 3.32. The van der Waals surface area contributed by atoms with Gasteiger partial charge in [-0.25, -0.2) is 9.37 Å². The zero-order valence-electron chi connectivity index (χ0n) is 10.2. The molecule has 0 saturated heterocycles. The molecule has 20 heavy (non-hydrogen) atoms. The van der Waals surface area contributed by atoms with Gasteiger partial charge in [0.2, 0.25) is 0 Å². The van der Waals surface area contributed by atoms with Gasteiger partial charge < -0.3 is 10.2 Å². The minimum absolute atomic E-state index is 0.378. The topological polar surface area (TPSA) is 80.7 Å². The molecule has 5 nitrogen and oxygen atoms in total. The van der Waals surface area contributed by atoms with Crippen molar-refractivity contribution in [2.24, 2.45) is 0 Å². The predicted octanol–water partition coefficient (Wildman–Crippen LogP) is 3.09. The first-order valence-electron chi connectivity index (χ1n) is 5.98. The second-order valence-corrected chi connectivity index (χ2v) is 4.55. The summed E-state index contributed by atoms with van der Waals surface area (Å²) in [5.41, 5.74) is 9.26. The number of fused-ring (bicyclic) bond motifs is 2. The Hall–Kier alpha value is -2.89. The fraction of sp³-hybridized carbons (Fsp3) is 0. The maximum atomic E-state index is 14.2. The molecule has 4 aromatic rings. The Labute approximate surface area is 112 Å². The largest absolute Gasteiger partial charge is 0.443 e. The molecular weight excluding hydrogens is 259 g/mol. The molecule has 0 aliphatic heterocycles. The smallest absolute Gasteiger partial charge is 0.181 e. The van der Waals surface area contributed by atoms with Crippen LogP contribution in [0.3, 0.4) is 0 Å². The SMILES string of the molecule is Nc1cc2cn[nH]c2cc1-c1cc2ocnc2cc1F. The number of nitrogen functional groups attached to an aromatic ring is 1. The summed E-state index contributed by atoms with van der Waals surface area (Å²) in [6.07, 6.45) is 2.96. The maximum Gasteiger partial charge on any atom is 0.181 e. The van der Waals surface area contributed by atoms with E-state index in [1.807, 2.05) is 0 Å². The highest BCUT2D eigenvalue weighted by Crippen LogP contribution is 2.33. The number of H-pyrrole nitrogens is 1. The minimum atomic E-state index is -0.392. The summed E-state index contributed by atoms with van der Waals surface area (Å²) in [6.45, 7) is 0. The number of rotatable bonds is 1. The molecule has 0 radical (unpaired) electrons. The fourth-order valence-electron chi connectivity index (χ4n) is 2.33. The summed E-state index contributed by atoms with van der Waals surface area (Å²) >= 11 is 0. The number of anilines is 1. The molecule has 0 bridgehead atoms. The molecule has 0 atom stereocenters. The van der Waals surface area contributed by atoms with Gasteiger partial charge >= 0.3 is 0 Å². The number of benzene rings is 2. The zero-order valence-corrected chi connectivity index (χ0v) is 10.2. The summed E-state index contributed by atoms with van der Waals surface area (Å²) in [4.78, 5) is 3.92. The molecule has 3 N–H and O–H groups in total. The van der Waals surface area contributed by atoms with E-state index in [0.29, 0.717) is 27.9 Å². The van der Waals surface area contributed by atoms with Crippen LogP contribution in [0.5, 0.6) is 0 Å². The van der Waals surface area contributed by atoms with Gasteiger partial charge in [0.1, 0.15) is 11.3 Å². The predicted molar refractivity (Wildman–Crippen MR) is 73.5 cm³/mol. The van der Waals surface area contributed by atoms with E-state index in [9.17, 15) is 4.39 Å². The van der Waals surface area contributed by atoms with E-state index in [4.69, 9.17) is 10.2 Å². The summed E-state index contributed by atoms with van der Waals surface area (Å²) < 4.78 is 19.4. The number of aromatic nitrogens is 3. The number of nitrogens with zero attached hydrogens (tertiary/aromatic N) is 2. The zero-order chi connectivity index (χ0) is 13.7. The Morgan fingerprint density at radius 1 is 1.15 bits per heavy atom. The van der Waals surface area contributed by atoms with Crippen molar-refractivity contribution in [1.29, 1.82) is 0 Å². The van der Waals surface area contributed by atoms with Gasteiger partial charge in [-0.05, 0) is 18.2 Å². The van der Waals surface area contributed by atoms with E-state index < -0.39 is 5.82 Å². The van der Waals surface area contributed by atoms with Crippen LogP contribution in [0, 0.1) is 5.82 Å². The van der Waals surface area contributed by atoms with Crippen molar-refractivity contribution in [3.63, 3.8) is 0 Å². The average Bonchev–Trinajstić information content (AvgIpc) is 3.04. The van der Waals surface area contributed by atoms with Gasteiger partial charge in [0, 0.05) is 28.3 Å². The molecule has 0 aliphatic carbocycles. The normalized spacial score (nSPS) is 11.4.